The molecule has 122 valence electrons. The number of hydrogen-bond acceptors (Lipinski definition) is 6. The second-order valence-electron chi connectivity index (χ2n) is 5.18. The Morgan fingerprint density at radius 2 is 1.96 bits per heavy atom. The van der Waals surface area contributed by atoms with Crippen LogP contribution in [0.5, 0.6) is 5.88 Å². The van der Waals surface area contributed by atoms with E-state index < -0.39 is 5.91 Å². The average molecular weight is 341 g/mol. The zero-order chi connectivity index (χ0) is 17.1. The number of amides is 1. The van der Waals surface area contributed by atoms with E-state index in [1.165, 1.54) is 11.8 Å². The molecule has 8 heteroatoms. The molecule has 2 heterocycles. The molecule has 0 saturated heterocycles. The first-order valence-corrected chi connectivity index (χ1v) is 8.21. The van der Waals surface area contributed by atoms with E-state index in [0.717, 1.165) is 16.9 Å². The highest BCUT2D eigenvalue weighted by molar-refractivity contribution is 7.99. The Morgan fingerprint density at radius 3 is 2.71 bits per heavy atom. The van der Waals surface area contributed by atoms with Crippen LogP contribution in [0.2, 0.25) is 0 Å². The normalized spacial score (nSPS) is 11.4. The van der Waals surface area contributed by atoms with Gasteiger partial charge in [0.25, 0.3) is 5.91 Å². The first-order chi connectivity index (χ1) is 11.5. The highest BCUT2D eigenvalue weighted by Gasteiger charge is 2.11. The third-order valence-electron chi connectivity index (χ3n) is 3.21. The lowest BCUT2D eigenvalue weighted by molar-refractivity contribution is -0.115. The molecule has 0 radical (unpaired) electrons. The standard InChI is InChI=1S/C16H15N5O2S/c1-9-7-10(2)18-16(17-9)24-8-13(22)20-21-14-11-5-3-4-6-12(11)19-15(14)23/h3-7,19,23H,8H2,1-2H3. The number of para-hydroxylation sites is 1. The smallest absolute Gasteiger partial charge is 0.275 e. The summed E-state index contributed by atoms with van der Waals surface area (Å²) in [6.07, 6.45) is 0. The van der Waals surface area contributed by atoms with E-state index >= 15 is 0 Å². The average Bonchev–Trinajstić information content (AvgIpc) is 2.85. The third kappa shape index (κ3) is 3.60. The molecule has 2 aromatic heterocycles. The number of nitrogens with zero attached hydrogens (tertiary/aromatic N) is 4. The summed E-state index contributed by atoms with van der Waals surface area (Å²) in [7, 11) is 0. The summed E-state index contributed by atoms with van der Waals surface area (Å²) >= 11 is 1.21. The number of aromatic nitrogens is 3. The number of carbonyl (C=O) groups excluding carboxylic acids is 1. The van der Waals surface area contributed by atoms with Crippen LogP contribution in [0.3, 0.4) is 0 Å². The molecule has 3 rings (SSSR count). The largest absolute Gasteiger partial charge is 0.493 e. The molecule has 7 nitrogen and oxygen atoms in total. The molecule has 0 aliphatic heterocycles. The minimum absolute atomic E-state index is 0.0789. The van der Waals surface area contributed by atoms with Crippen LogP contribution in [-0.4, -0.2) is 31.7 Å². The van der Waals surface area contributed by atoms with Crippen molar-refractivity contribution in [1.29, 1.82) is 0 Å². The van der Waals surface area contributed by atoms with E-state index in [0.29, 0.717) is 10.5 Å². The Balaban J connectivity index is 1.70. The summed E-state index contributed by atoms with van der Waals surface area (Å²) in [5.74, 6) is -0.458. The van der Waals surface area contributed by atoms with Crippen LogP contribution in [0.1, 0.15) is 11.4 Å². The Labute approximate surface area is 142 Å². The molecule has 0 aliphatic rings. The predicted molar refractivity (Wildman–Crippen MR) is 91.7 cm³/mol. The molecule has 1 aromatic carbocycles. The number of thioether (sulfide) groups is 1. The number of aromatic hydroxyl groups is 1. The lowest BCUT2D eigenvalue weighted by Gasteiger charge is -2.00. The Kier molecular flexibility index (Phi) is 4.57. The van der Waals surface area contributed by atoms with Gasteiger partial charge < -0.3 is 10.1 Å². The van der Waals surface area contributed by atoms with Crippen molar-refractivity contribution < 1.29 is 9.90 Å². The van der Waals surface area contributed by atoms with Crippen molar-refractivity contribution in [3.63, 3.8) is 0 Å². The van der Waals surface area contributed by atoms with Gasteiger partial charge in [-0.3, -0.25) is 4.79 Å². The van der Waals surface area contributed by atoms with Gasteiger partial charge in [0.05, 0.1) is 11.3 Å². The number of hydrogen-bond donors (Lipinski definition) is 2. The van der Waals surface area contributed by atoms with E-state index in [2.05, 4.69) is 25.2 Å². The number of aromatic amines is 1. The van der Waals surface area contributed by atoms with Crippen LogP contribution in [0, 0.1) is 13.8 Å². The highest BCUT2D eigenvalue weighted by atomic mass is 32.2. The summed E-state index contributed by atoms with van der Waals surface area (Å²) in [6, 6.07) is 9.13. The Bertz CT molecular complexity index is 915. The molecular formula is C16H15N5O2S. The van der Waals surface area contributed by atoms with E-state index in [1.807, 2.05) is 38.1 Å². The topological polar surface area (TPSA) is 104 Å². The van der Waals surface area contributed by atoms with E-state index in [1.54, 1.807) is 6.07 Å². The number of benzene rings is 1. The second-order valence-corrected chi connectivity index (χ2v) is 6.13. The number of aryl methyl sites for hydroxylation is 2. The zero-order valence-corrected chi connectivity index (χ0v) is 14.0. The second kappa shape index (κ2) is 6.79. The van der Waals surface area contributed by atoms with Crippen molar-refractivity contribution in [3.8, 4) is 5.88 Å². The van der Waals surface area contributed by atoms with Crippen molar-refractivity contribution in [2.45, 2.75) is 19.0 Å². The van der Waals surface area contributed by atoms with Gasteiger partial charge in [-0.2, -0.15) is 0 Å². The number of nitrogens with one attached hydrogen (secondary N) is 1. The Hall–Kier alpha value is -2.74. The highest BCUT2D eigenvalue weighted by Crippen LogP contribution is 2.35. The van der Waals surface area contributed by atoms with Gasteiger partial charge in [0, 0.05) is 16.8 Å². The number of H-pyrrole nitrogens is 1. The van der Waals surface area contributed by atoms with Gasteiger partial charge in [-0.1, -0.05) is 30.0 Å². The van der Waals surface area contributed by atoms with Crippen molar-refractivity contribution in [1.82, 2.24) is 15.0 Å². The summed E-state index contributed by atoms with van der Waals surface area (Å²) in [5, 5.41) is 18.7. The minimum atomic E-state index is -0.424. The van der Waals surface area contributed by atoms with E-state index in [4.69, 9.17) is 0 Å². The van der Waals surface area contributed by atoms with Gasteiger partial charge in [0.2, 0.25) is 5.88 Å². The summed E-state index contributed by atoms with van der Waals surface area (Å²) < 4.78 is 0. The Morgan fingerprint density at radius 1 is 1.25 bits per heavy atom. The molecule has 24 heavy (non-hydrogen) atoms. The molecule has 2 N–H and O–H groups in total. The van der Waals surface area contributed by atoms with Gasteiger partial charge in [-0.25, -0.2) is 9.97 Å². The van der Waals surface area contributed by atoms with Crippen molar-refractivity contribution in [3.05, 3.63) is 41.7 Å². The van der Waals surface area contributed by atoms with Crippen LogP contribution in [0.15, 0.2) is 45.7 Å². The molecular weight excluding hydrogens is 326 g/mol. The van der Waals surface area contributed by atoms with Crippen molar-refractivity contribution in [2.24, 2.45) is 10.2 Å². The summed E-state index contributed by atoms with van der Waals surface area (Å²) in [4.78, 5) is 23.2. The maximum atomic E-state index is 11.9. The molecule has 0 unspecified atom stereocenters. The number of rotatable bonds is 4. The van der Waals surface area contributed by atoms with Gasteiger partial charge in [-0.05, 0) is 26.0 Å². The van der Waals surface area contributed by atoms with E-state index in [9.17, 15) is 9.90 Å². The van der Waals surface area contributed by atoms with Crippen LogP contribution < -0.4 is 0 Å². The molecule has 0 bridgehead atoms. The van der Waals surface area contributed by atoms with Gasteiger partial charge >= 0.3 is 0 Å². The lowest BCUT2D eigenvalue weighted by atomic mass is 10.2. The molecule has 3 aromatic rings. The van der Waals surface area contributed by atoms with Crippen LogP contribution in [-0.2, 0) is 4.79 Å². The molecule has 0 atom stereocenters. The SMILES string of the molecule is Cc1cc(C)nc(SCC(=O)N=Nc2c(O)[nH]c3ccccc23)n1. The number of fused-ring (bicyclic) bond motifs is 1. The van der Waals surface area contributed by atoms with Gasteiger partial charge in [0.1, 0.15) is 0 Å². The molecule has 0 spiro atoms. The van der Waals surface area contributed by atoms with Crippen molar-refractivity contribution >= 4 is 34.3 Å². The lowest BCUT2D eigenvalue weighted by Crippen LogP contribution is -1.99. The minimum Gasteiger partial charge on any atom is -0.493 e. The molecule has 0 fully saturated rings. The maximum absolute atomic E-state index is 11.9. The predicted octanol–water partition coefficient (Wildman–Crippen LogP) is 3.68. The fourth-order valence-electron chi connectivity index (χ4n) is 2.23. The molecule has 1 amide bonds. The number of carbonyl (C=O) groups is 1. The quantitative estimate of drug-likeness (QED) is 0.428. The van der Waals surface area contributed by atoms with E-state index in [-0.39, 0.29) is 17.3 Å². The maximum Gasteiger partial charge on any atom is 0.275 e. The fourth-order valence-corrected chi connectivity index (χ4v) is 2.96. The van der Waals surface area contributed by atoms with Gasteiger partial charge in [-0.15, -0.1) is 10.2 Å². The monoisotopic (exact) mass is 341 g/mol. The first-order valence-electron chi connectivity index (χ1n) is 7.22. The fraction of sp³-hybridized carbons (Fsp3) is 0.188. The summed E-state index contributed by atoms with van der Waals surface area (Å²) in [5.41, 5.74) is 2.69. The molecule has 0 aliphatic carbocycles. The summed E-state index contributed by atoms with van der Waals surface area (Å²) in [6.45, 7) is 3.75. The van der Waals surface area contributed by atoms with Crippen molar-refractivity contribution in [2.75, 3.05) is 5.75 Å². The van der Waals surface area contributed by atoms with Crippen LogP contribution >= 0.6 is 11.8 Å². The molecule has 0 saturated carbocycles. The first kappa shape index (κ1) is 16.1. The zero-order valence-electron chi connectivity index (χ0n) is 13.1. The third-order valence-corrected chi connectivity index (χ3v) is 4.04. The van der Waals surface area contributed by atoms with Crippen LogP contribution in [0.25, 0.3) is 10.9 Å². The number of azo groups is 1. The van der Waals surface area contributed by atoms with Crippen LogP contribution in [0.4, 0.5) is 5.69 Å². The van der Waals surface area contributed by atoms with Gasteiger partial charge in [0.15, 0.2) is 10.8 Å².